The van der Waals surface area contributed by atoms with Gasteiger partial charge in [0.2, 0.25) is 5.28 Å². The molecule has 2 rings (SSSR count). The fourth-order valence-corrected chi connectivity index (χ4v) is 2.83. The molecule has 0 N–H and O–H groups in total. The van der Waals surface area contributed by atoms with E-state index in [-0.39, 0.29) is 5.41 Å². The van der Waals surface area contributed by atoms with E-state index in [1.54, 1.807) is 0 Å². The van der Waals surface area contributed by atoms with Crippen molar-refractivity contribution >= 4 is 17.4 Å². The van der Waals surface area contributed by atoms with Crippen LogP contribution < -0.4 is 0 Å². The molecule has 1 aliphatic carbocycles. The van der Waals surface area contributed by atoms with Crippen molar-refractivity contribution in [1.82, 2.24) is 9.97 Å². The average molecular weight is 281 g/mol. The number of aromatic nitrogens is 2. The Bertz CT molecular complexity index is 492. The van der Waals surface area contributed by atoms with Gasteiger partial charge in [-0.1, -0.05) is 20.8 Å². The van der Waals surface area contributed by atoms with Crippen LogP contribution in [-0.2, 0) is 24.1 Å². The molecule has 1 heterocycles. The lowest BCUT2D eigenvalue weighted by Crippen LogP contribution is -2.14. The van der Waals surface area contributed by atoms with Gasteiger partial charge in [0.05, 0.1) is 0 Å². The van der Waals surface area contributed by atoms with Crippen molar-refractivity contribution in [2.75, 3.05) is 0 Å². The second-order valence-electron chi connectivity index (χ2n) is 6.49. The van der Waals surface area contributed by atoms with Crippen molar-refractivity contribution in [2.45, 2.75) is 59.3 Å². The summed E-state index contributed by atoms with van der Waals surface area (Å²) in [6, 6.07) is 0. The number of rotatable bonds is 4. The van der Waals surface area contributed by atoms with E-state index >= 15 is 0 Å². The van der Waals surface area contributed by atoms with Crippen molar-refractivity contribution in [1.29, 1.82) is 0 Å². The zero-order valence-corrected chi connectivity index (χ0v) is 12.7. The van der Waals surface area contributed by atoms with Gasteiger partial charge in [-0.25, -0.2) is 9.97 Å². The number of Topliss-reactive ketones (excluding diaryl/α,β-unsaturated/α-hetero) is 1. The Labute approximate surface area is 119 Å². The lowest BCUT2D eigenvalue weighted by Gasteiger charge is -2.16. The number of nitrogens with zero attached hydrogens (tertiary/aromatic N) is 2. The highest BCUT2D eigenvalue weighted by Gasteiger charge is 2.20. The summed E-state index contributed by atoms with van der Waals surface area (Å²) in [5.74, 6) is 0.300. The third-order valence-electron chi connectivity index (χ3n) is 3.36. The smallest absolute Gasteiger partial charge is 0.222 e. The van der Waals surface area contributed by atoms with Crippen molar-refractivity contribution in [3.05, 3.63) is 22.2 Å². The van der Waals surface area contributed by atoms with Gasteiger partial charge in [-0.05, 0) is 48.3 Å². The van der Waals surface area contributed by atoms with Crippen LogP contribution in [0.4, 0.5) is 0 Å². The van der Waals surface area contributed by atoms with Gasteiger partial charge >= 0.3 is 0 Å². The third kappa shape index (κ3) is 4.00. The van der Waals surface area contributed by atoms with Crippen LogP contribution in [0.3, 0.4) is 0 Å². The zero-order valence-electron chi connectivity index (χ0n) is 11.9. The van der Waals surface area contributed by atoms with E-state index in [4.69, 9.17) is 11.6 Å². The summed E-state index contributed by atoms with van der Waals surface area (Å²) in [4.78, 5) is 20.5. The molecule has 1 aromatic heterocycles. The number of carbonyl (C=O) groups is 1. The number of fused-ring (bicyclic) bond motifs is 1. The molecule has 0 amide bonds. The third-order valence-corrected chi connectivity index (χ3v) is 3.53. The highest BCUT2D eigenvalue weighted by atomic mass is 35.5. The molecule has 0 atom stereocenters. The van der Waals surface area contributed by atoms with Gasteiger partial charge in [0, 0.05) is 24.2 Å². The first kappa shape index (κ1) is 14.4. The molecule has 0 radical (unpaired) electrons. The summed E-state index contributed by atoms with van der Waals surface area (Å²) >= 11 is 5.94. The van der Waals surface area contributed by atoms with Crippen LogP contribution >= 0.6 is 11.6 Å². The standard InChI is InChI=1S/C15H21ClN2O/c1-15(2,3)9-10(19)7-8-13-11-5-4-6-12(11)17-14(16)18-13/h4-9H2,1-3H3. The molecule has 4 heteroatoms. The number of hydrogen-bond acceptors (Lipinski definition) is 3. The number of aryl methyl sites for hydroxylation is 2. The van der Waals surface area contributed by atoms with Gasteiger partial charge in [-0.3, -0.25) is 4.79 Å². The van der Waals surface area contributed by atoms with Gasteiger partial charge in [0.1, 0.15) is 5.78 Å². The van der Waals surface area contributed by atoms with E-state index in [9.17, 15) is 4.79 Å². The first-order valence-electron chi connectivity index (χ1n) is 6.91. The van der Waals surface area contributed by atoms with Crippen LogP contribution in [0, 0.1) is 5.41 Å². The molecule has 19 heavy (non-hydrogen) atoms. The number of hydrogen-bond donors (Lipinski definition) is 0. The molecule has 0 spiro atoms. The topological polar surface area (TPSA) is 42.9 Å². The predicted octanol–water partition coefficient (Wildman–Crippen LogP) is 3.56. The van der Waals surface area contributed by atoms with Crippen molar-refractivity contribution in [2.24, 2.45) is 5.41 Å². The zero-order chi connectivity index (χ0) is 14.0. The molecule has 0 saturated heterocycles. The Morgan fingerprint density at radius 1 is 1.26 bits per heavy atom. The molecule has 3 nitrogen and oxygen atoms in total. The largest absolute Gasteiger partial charge is 0.300 e. The fourth-order valence-electron chi connectivity index (χ4n) is 2.62. The predicted molar refractivity (Wildman–Crippen MR) is 76.5 cm³/mol. The Kier molecular flexibility index (Phi) is 4.24. The molecule has 0 saturated carbocycles. The first-order chi connectivity index (χ1) is 8.85. The highest BCUT2D eigenvalue weighted by molar-refractivity contribution is 6.28. The molecular formula is C15H21ClN2O. The molecule has 0 bridgehead atoms. The van der Waals surface area contributed by atoms with Crippen molar-refractivity contribution in [3.63, 3.8) is 0 Å². The lowest BCUT2D eigenvalue weighted by molar-refractivity contribution is -0.120. The van der Waals surface area contributed by atoms with Gasteiger partial charge in [0.15, 0.2) is 0 Å². The van der Waals surface area contributed by atoms with Crippen LogP contribution in [0.1, 0.15) is 57.0 Å². The monoisotopic (exact) mass is 280 g/mol. The minimum atomic E-state index is 0.0579. The van der Waals surface area contributed by atoms with Crippen molar-refractivity contribution < 1.29 is 4.79 Å². The Morgan fingerprint density at radius 2 is 2.00 bits per heavy atom. The maximum Gasteiger partial charge on any atom is 0.222 e. The Balaban J connectivity index is 2.02. The summed E-state index contributed by atoms with van der Waals surface area (Å²) in [7, 11) is 0. The molecular weight excluding hydrogens is 260 g/mol. The molecule has 0 unspecified atom stereocenters. The minimum Gasteiger partial charge on any atom is -0.300 e. The maximum atomic E-state index is 11.9. The van der Waals surface area contributed by atoms with Crippen LogP contribution in [-0.4, -0.2) is 15.8 Å². The Morgan fingerprint density at radius 3 is 2.68 bits per heavy atom. The van der Waals surface area contributed by atoms with Crippen molar-refractivity contribution in [3.8, 4) is 0 Å². The second kappa shape index (κ2) is 5.58. The molecule has 0 fully saturated rings. The highest BCUT2D eigenvalue weighted by Crippen LogP contribution is 2.26. The normalized spacial score (nSPS) is 14.5. The maximum absolute atomic E-state index is 11.9. The van der Waals surface area contributed by atoms with Crippen LogP contribution in [0.25, 0.3) is 0 Å². The number of halogens is 1. The van der Waals surface area contributed by atoms with E-state index in [1.165, 1.54) is 5.56 Å². The van der Waals surface area contributed by atoms with E-state index in [1.807, 2.05) is 0 Å². The number of ketones is 1. The van der Waals surface area contributed by atoms with Gasteiger partial charge in [0.25, 0.3) is 0 Å². The van der Waals surface area contributed by atoms with Gasteiger partial charge in [-0.15, -0.1) is 0 Å². The molecule has 1 aromatic rings. The summed E-state index contributed by atoms with van der Waals surface area (Å²) in [6.45, 7) is 6.26. The van der Waals surface area contributed by atoms with Gasteiger partial charge in [-0.2, -0.15) is 0 Å². The summed E-state index contributed by atoms with van der Waals surface area (Å²) in [6.07, 6.45) is 4.99. The van der Waals surface area contributed by atoms with E-state index in [2.05, 4.69) is 30.7 Å². The Hall–Kier alpha value is -0.960. The average Bonchev–Trinajstić information content (AvgIpc) is 2.71. The first-order valence-corrected chi connectivity index (χ1v) is 7.29. The molecule has 104 valence electrons. The minimum absolute atomic E-state index is 0.0579. The van der Waals surface area contributed by atoms with Crippen LogP contribution in [0.5, 0.6) is 0 Å². The SMILES string of the molecule is CC(C)(C)CC(=O)CCc1nc(Cl)nc2c1CCC2. The summed E-state index contributed by atoms with van der Waals surface area (Å²) in [5.41, 5.74) is 3.35. The second-order valence-corrected chi connectivity index (χ2v) is 6.83. The molecule has 1 aliphatic rings. The van der Waals surface area contributed by atoms with Gasteiger partial charge < -0.3 is 0 Å². The fraction of sp³-hybridized carbons (Fsp3) is 0.667. The van der Waals surface area contributed by atoms with Crippen LogP contribution in [0.15, 0.2) is 0 Å². The van der Waals surface area contributed by atoms with Crippen LogP contribution in [0.2, 0.25) is 5.28 Å². The quantitative estimate of drug-likeness (QED) is 0.792. The summed E-state index contributed by atoms with van der Waals surface area (Å²) in [5, 5.41) is 0.318. The molecule has 0 aliphatic heterocycles. The van der Waals surface area contributed by atoms with E-state index in [0.717, 1.165) is 30.7 Å². The van der Waals surface area contributed by atoms with E-state index in [0.29, 0.717) is 30.3 Å². The van der Waals surface area contributed by atoms with E-state index < -0.39 is 0 Å². The molecule has 0 aromatic carbocycles. The number of carbonyl (C=O) groups excluding carboxylic acids is 1. The summed E-state index contributed by atoms with van der Waals surface area (Å²) < 4.78 is 0. The lowest BCUT2D eigenvalue weighted by atomic mass is 9.88.